The van der Waals surface area contributed by atoms with Crippen LogP contribution in [0.4, 0.5) is 24.9 Å². The lowest BCUT2D eigenvalue weighted by molar-refractivity contribution is -0.274. The smallest absolute Gasteiger partial charge is 0.406 e. The number of aryl methyl sites for hydroxylation is 1. The average Bonchev–Trinajstić information content (AvgIpc) is 2.88. The van der Waals surface area contributed by atoms with E-state index >= 15 is 0 Å². The van der Waals surface area contributed by atoms with Crippen molar-refractivity contribution in [1.29, 1.82) is 0 Å². The highest BCUT2D eigenvalue weighted by molar-refractivity contribution is 5.86. The summed E-state index contributed by atoms with van der Waals surface area (Å²) in [4.78, 5) is 8.53. The van der Waals surface area contributed by atoms with Gasteiger partial charge in [0.25, 0.3) is 0 Å². The van der Waals surface area contributed by atoms with Crippen LogP contribution in [-0.2, 0) is 7.05 Å². The van der Waals surface area contributed by atoms with Crippen LogP contribution in [0.2, 0.25) is 0 Å². The number of anilines is 2. The Bertz CT molecular complexity index is 891. The number of benzene rings is 1. The van der Waals surface area contributed by atoms with Crippen molar-refractivity contribution in [1.82, 2.24) is 19.7 Å². The predicted molar refractivity (Wildman–Crippen MR) is 85.9 cm³/mol. The zero-order valence-electron chi connectivity index (χ0n) is 13.4. The second kappa shape index (κ2) is 6.11. The molecule has 0 bridgehead atoms. The first-order chi connectivity index (χ1) is 11.7. The Morgan fingerprint density at radius 2 is 1.88 bits per heavy atom. The van der Waals surface area contributed by atoms with Crippen LogP contribution in [0.1, 0.15) is 18.5 Å². The monoisotopic (exact) mass is 352 g/mol. The van der Waals surface area contributed by atoms with E-state index in [0.717, 1.165) is 5.56 Å². The fraction of sp³-hybridized carbons (Fsp3) is 0.267. The number of nitrogens with zero attached hydrogens (tertiary/aromatic N) is 4. The second-order valence-electron chi connectivity index (χ2n) is 5.42. The first-order valence-electron chi connectivity index (χ1n) is 7.30. The molecule has 3 aromatic rings. The molecule has 7 nitrogen and oxygen atoms in total. The normalized spacial score (nSPS) is 13.0. The molecule has 0 radical (unpaired) electrons. The number of hydrogen-bond acceptors (Lipinski definition) is 6. The largest absolute Gasteiger partial charge is 0.573 e. The number of fused-ring (bicyclic) bond motifs is 1. The van der Waals surface area contributed by atoms with Crippen molar-refractivity contribution in [2.75, 3.05) is 11.1 Å². The number of alkyl halides is 3. The van der Waals surface area contributed by atoms with E-state index in [9.17, 15) is 13.2 Å². The van der Waals surface area contributed by atoms with Gasteiger partial charge in [-0.25, -0.2) is 0 Å². The van der Waals surface area contributed by atoms with Gasteiger partial charge in [-0.05, 0) is 24.6 Å². The SMILES string of the molecule is CC(Nc1nc(N)c2cnn(C)c2n1)c1ccc(OC(F)(F)F)cc1. The summed E-state index contributed by atoms with van der Waals surface area (Å²) >= 11 is 0. The molecular formula is C15H15F3N6O. The first kappa shape index (κ1) is 16.8. The van der Waals surface area contributed by atoms with Gasteiger partial charge in [0.05, 0.1) is 17.6 Å². The summed E-state index contributed by atoms with van der Waals surface area (Å²) in [5.41, 5.74) is 7.21. The van der Waals surface area contributed by atoms with E-state index < -0.39 is 6.36 Å². The number of nitrogen functional groups attached to an aromatic ring is 1. The van der Waals surface area contributed by atoms with E-state index in [-0.39, 0.29) is 11.8 Å². The molecule has 10 heteroatoms. The minimum atomic E-state index is -4.71. The molecule has 2 aromatic heterocycles. The third kappa shape index (κ3) is 3.73. The summed E-state index contributed by atoms with van der Waals surface area (Å²) in [5.74, 6) is 0.318. The maximum absolute atomic E-state index is 12.2. The van der Waals surface area contributed by atoms with Crippen molar-refractivity contribution in [2.45, 2.75) is 19.3 Å². The summed E-state index contributed by atoms with van der Waals surface area (Å²) in [6, 6.07) is 5.31. The highest BCUT2D eigenvalue weighted by Crippen LogP contribution is 2.26. The van der Waals surface area contributed by atoms with Crippen LogP contribution in [0.3, 0.4) is 0 Å². The first-order valence-corrected chi connectivity index (χ1v) is 7.30. The van der Waals surface area contributed by atoms with E-state index in [0.29, 0.717) is 22.8 Å². The Morgan fingerprint density at radius 3 is 2.52 bits per heavy atom. The molecule has 3 rings (SSSR count). The van der Waals surface area contributed by atoms with Crippen molar-refractivity contribution < 1.29 is 17.9 Å². The molecule has 3 N–H and O–H groups in total. The van der Waals surface area contributed by atoms with Gasteiger partial charge < -0.3 is 15.8 Å². The van der Waals surface area contributed by atoms with Crippen molar-refractivity contribution in [2.24, 2.45) is 7.05 Å². The van der Waals surface area contributed by atoms with E-state index in [1.54, 1.807) is 17.9 Å². The zero-order valence-corrected chi connectivity index (χ0v) is 13.4. The van der Waals surface area contributed by atoms with Crippen LogP contribution in [0.25, 0.3) is 11.0 Å². The summed E-state index contributed by atoms with van der Waals surface area (Å²) in [6.07, 6.45) is -3.13. The van der Waals surface area contributed by atoms with Gasteiger partial charge in [-0.3, -0.25) is 4.68 Å². The maximum atomic E-state index is 12.2. The Morgan fingerprint density at radius 1 is 1.20 bits per heavy atom. The standard InChI is InChI=1S/C15H15F3N6O/c1-8(9-3-5-10(6-4-9)25-15(16,17)18)21-14-22-12(19)11-7-20-24(2)13(11)23-14/h3-8H,1-2H3,(H3,19,21,22,23). The lowest BCUT2D eigenvalue weighted by Crippen LogP contribution is -2.17. The van der Waals surface area contributed by atoms with E-state index in [1.165, 1.54) is 24.3 Å². The van der Waals surface area contributed by atoms with Crippen LogP contribution in [0.5, 0.6) is 5.75 Å². The molecule has 0 saturated heterocycles. The molecule has 132 valence electrons. The summed E-state index contributed by atoms with van der Waals surface area (Å²) in [7, 11) is 1.74. The molecule has 0 spiro atoms. The molecule has 1 atom stereocenters. The van der Waals surface area contributed by atoms with Crippen LogP contribution in [0, 0.1) is 0 Å². The molecule has 0 aliphatic heterocycles. The highest BCUT2D eigenvalue weighted by Gasteiger charge is 2.31. The Labute approximate surface area is 140 Å². The van der Waals surface area contributed by atoms with Crippen molar-refractivity contribution >= 4 is 22.8 Å². The molecule has 0 aliphatic carbocycles. The van der Waals surface area contributed by atoms with E-state index in [1.807, 2.05) is 6.92 Å². The van der Waals surface area contributed by atoms with Crippen LogP contribution in [-0.4, -0.2) is 26.1 Å². The topological polar surface area (TPSA) is 90.9 Å². The number of aromatic nitrogens is 4. The van der Waals surface area contributed by atoms with Gasteiger partial charge in [0.1, 0.15) is 11.6 Å². The van der Waals surface area contributed by atoms with Gasteiger partial charge >= 0.3 is 6.36 Å². The predicted octanol–water partition coefficient (Wildman–Crippen LogP) is 3.02. The lowest BCUT2D eigenvalue weighted by Gasteiger charge is -2.15. The number of nitrogens with one attached hydrogen (secondary N) is 1. The molecule has 2 heterocycles. The molecule has 0 saturated carbocycles. The van der Waals surface area contributed by atoms with Gasteiger partial charge in [0.15, 0.2) is 5.65 Å². The number of nitrogens with two attached hydrogens (primary N) is 1. The number of ether oxygens (including phenoxy) is 1. The fourth-order valence-electron chi connectivity index (χ4n) is 2.34. The fourth-order valence-corrected chi connectivity index (χ4v) is 2.34. The summed E-state index contributed by atoms with van der Waals surface area (Å²) in [5, 5.41) is 7.79. The van der Waals surface area contributed by atoms with E-state index in [4.69, 9.17) is 5.73 Å². The number of halogens is 3. The van der Waals surface area contributed by atoms with Gasteiger partial charge in [-0.1, -0.05) is 12.1 Å². The molecular weight excluding hydrogens is 337 g/mol. The lowest BCUT2D eigenvalue weighted by atomic mass is 10.1. The van der Waals surface area contributed by atoms with Crippen molar-refractivity contribution in [3.63, 3.8) is 0 Å². The zero-order chi connectivity index (χ0) is 18.2. The highest BCUT2D eigenvalue weighted by atomic mass is 19.4. The van der Waals surface area contributed by atoms with E-state index in [2.05, 4.69) is 25.1 Å². The number of hydrogen-bond donors (Lipinski definition) is 2. The quantitative estimate of drug-likeness (QED) is 0.750. The molecule has 0 amide bonds. The van der Waals surface area contributed by atoms with Gasteiger partial charge in [-0.2, -0.15) is 15.1 Å². The average molecular weight is 352 g/mol. The summed E-state index contributed by atoms with van der Waals surface area (Å²) in [6.45, 7) is 1.83. The van der Waals surface area contributed by atoms with Gasteiger partial charge in [0, 0.05) is 7.05 Å². The van der Waals surface area contributed by atoms with Crippen molar-refractivity contribution in [3.8, 4) is 5.75 Å². The summed E-state index contributed by atoms with van der Waals surface area (Å²) < 4.78 is 42.0. The molecule has 0 fully saturated rings. The molecule has 25 heavy (non-hydrogen) atoms. The van der Waals surface area contributed by atoms with Crippen LogP contribution >= 0.6 is 0 Å². The van der Waals surface area contributed by atoms with Crippen LogP contribution < -0.4 is 15.8 Å². The maximum Gasteiger partial charge on any atom is 0.573 e. The Balaban J connectivity index is 1.78. The van der Waals surface area contributed by atoms with Gasteiger partial charge in [-0.15, -0.1) is 13.2 Å². The molecule has 1 unspecified atom stereocenters. The molecule has 1 aromatic carbocycles. The third-order valence-corrected chi connectivity index (χ3v) is 3.58. The molecule has 0 aliphatic rings. The van der Waals surface area contributed by atoms with Gasteiger partial charge in [0.2, 0.25) is 5.95 Å². The minimum absolute atomic E-state index is 0.259. The van der Waals surface area contributed by atoms with Crippen molar-refractivity contribution in [3.05, 3.63) is 36.0 Å². The Kier molecular flexibility index (Phi) is 4.11. The number of rotatable bonds is 4. The third-order valence-electron chi connectivity index (χ3n) is 3.58. The van der Waals surface area contributed by atoms with Crippen LogP contribution in [0.15, 0.2) is 30.5 Å². The second-order valence-corrected chi connectivity index (χ2v) is 5.42. The Hall–Kier alpha value is -3.04. The minimum Gasteiger partial charge on any atom is -0.406 e.